The molecule has 0 saturated carbocycles. The molecule has 0 radical (unpaired) electrons. The van der Waals surface area contributed by atoms with Gasteiger partial charge in [0.2, 0.25) is 0 Å². The van der Waals surface area contributed by atoms with Gasteiger partial charge >= 0.3 is 0 Å². The predicted octanol–water partition coefficient (Wildman–Crippen LogP) is 3.38. The molecule has 0 spiro atoms. The summed E-state index contributed by atoms with van der Waals surface area (Å²) in [4.78, 5) is 24.3. The molecule has 1 heterocycles. The zero-order valence-corrected chi connectivity index (χ0v) is 14.2. The van der Waals surface area contributed by atoms with Crippen molar-refractivity contribution in [3.8, 4) is 0 Å². The van der Waals surface area contributed by atoms with Crippen LogP contribution < -0.4 is 10.6 Å². The van der Waals surface area contributed by atoms with E-state index in [2.05, 4.69) is 20.8 Å². The number of hydrogen-bond donors (Lipinski definition) is 3. The fraction of sp³-hybridized carbons (Fsp3) is 0.0556. The van der Waals surface area contributed by atoms with Crippen molar-refractivity contribution in [3.05, 3.63) is 82.3 Å². The first-order chi connectivity index (χ1) is 12.5. The molecule has 0 atom stereocenters. The molecule has 3 aromatic rings. The smallest absolute Gasteiger partial charge is 0.269 e. The second-order valence-electron chi connectivity index (χ2n) is 5.41. The Labute approximate surface area is 153 Å². The van der Waals surface area contributed by atoms with E-state index in [1.54, 1.807) is 0 Å². The number of halogens is 2. The highest BCUT2D eigenvalue weighted by Crippen LogP contribution is 2.18. The molecule has 6 nitrogen and oxygen atoms in total. The molecule has 0 aliphatic rings. The van der Waals surface area contributed by atoms with E-state index in [-0.39, 0.29) is 28.0 Å². The van der Waals surface area contributed by atoms with E-state index in [1.165, 1.54) is 12.1 Å². The van der Waals surface area contributed by atoms with Crippen LogP contribution in [-0.4, -0.2) is 22.0 Å². The van der Waals surface area contributed by atoms with Gasteiger partial charge in [-0.25, -0.2) is 4.39 Å². The van der Waals surface area contributed by atoms with Gasteiger partial charge in [0.15, 0.2) is 5.82 Å². The Balaban J connectivity index is 1.62. The summed E-state index contributed by atoms with van der Waals surface area (Å²) in [5.41, 5.74) is 1.26. The maximum absolute atomic E-state index is 13.0. The molecule has 3 rings (SSSR count). The Kier molecular flexibility index (Phi) is 5.28. The van der Waals surface area contributed by atoms with E-state index in [0.717, 1.165) is 17.7 Å². The summed E-state index contributed by atoms with van der Waals surface area (Å²) in [6.07, 6.45) is 0. The summed E-state index contributed by atoms with van der Waals surface area (Å²) in [6, 6.07) is 14.3. The predicted molar refractivity (Wildman–Crippen MR) is 95.6 cm³/mol. The van der Waals surface area contributed by atoms with Crippen LogP contribution in [0.25, 0.3) is 0 Å². The minimum absolute atomic E-state index is 0.0149. The van der Waals surface area contributed by atoms with Gasteiger partial charge in [-0.3, -0.25) is 14.7 Å². The number of rotatable bonds is 5. The molecule has 0 unspecified atom stereocenters. The summed E-state index contributed by atoms with van der Waals surface area (Å²) in [6.45, 7) is 0.367. The van der Waals surface area contributed by atoms with Gasteiger partial charge in [-0.15, -0.1) is 0 Å². The van der Waals surface area contributed by atoms with Crippen LogP contribution in [0.4, 0.5) is 10.2 Å². The van der Waals surface area contributed by atoms with E-state index in [9.17, 15) is 14.0 Å². The van der Waals surface area contributed by atoms with Crippen molar-refractivity contribution in [3.63, 3.8) is 0 Å². The molecular formula is C18H14ClFN4O2. The van der Waals surface area contributed by atoms with Gasteiger partial charge in [0.25, 0.3) is 11.8 Å². The van der Waals surface area contributed by atoms with Gasteiger partial charge in [0, 0.05) is 12.6 Å². The maximum atomic E-state index is 13.0. The minimum atomic E-state index is -0.558. The third kappa shape index (κ3) is 4.25. The SMILES string of the molecule is O=C(NCc1ccccc1)c1cc(NC(=O)c2ccc(F)cc2Cl)n[nH]1. The van der Waals surface area contributed by atoms with Crippen LogP contribution in [0, 0.1) is 5.82 Å². The van der Waals surface area contributed by atoms with E-state index >= 15 is 0 Å². The number of nitrogens with zero attached hydrogens (tertiary/aromatic N) is 1. The van der Waals surface area contributed by atoms with E-state index < -0.39 is 11.7 Å². The van der Waals surface area contributed by atoms with Crippen LogP contribution in [-0.2, 0) is 6.54 Å². The molecule has 0 fully saturated rings. The summed E-state index contributed by atoms with van der Waals surface area (Å²) in [5.74, 6) is -1.30. The van der Waals surface area contributed by atoms with Gasteiger partial charge in [0.1, 0.15) is 11.5 Å². The second kappa shape index (κ2) is 7.79. The molecule has 2 amide bonds. The molecule has 1 aromatic heterocycles. The fourth-order valence-electron chi connectivity index (χ4n) is 2.23. The Morgan fingerprint density at radius 1 is 1.08 bits per heavy atom. The Bertz CT molecular complexity index is 943. The van der Waals surface area contributed by atoms with Crippen molar-refractivity contribution < 1.29 is 14.0 Å². The highest BCUT2D eigenvalue weighted by Gasteiger charge is 2.15. The number of nitrogens with one attached hydrogen (secondary N) is 3. The Morgan fingerprint density at radius 3 is 2.58 bits per heavy atom. The molecule has 0 aliphatic carbocycles. The van der Waals surface area contributed by atoms with Crippen LogP contribution in [0.2, 0.25) is 5.02 Å². The first kappa shape index (κ1) is 17.6. The number of H-pyrrole nitrogens is 1. The second-order valence-corrected chi connectivity index (χ2v) is 5.82. The largest absolute Gasteiger partial charge is 0.347 e. The fourth-order valence-corrected chi connectivity index (χ4v) is 2.49. The maximum Gasteiger partial charge on any atom is 0.269 e. The highest BCUT2D eigenvalue weighted by atomic mass is 35.5. The van der Waals surface area contributed by atoms with Crippen molar-refractivity contribution in [1.82, 2.24) is 15.5 Å². The van der Waals surface area contributed by atoms with Gasteiger partial charge in [-0.05, 0) is 23.8 Å². The number of amides is 2. The lowest BCUT2D eigenvalue weighted by atomic mass is 10.2. The number of benzene rings is 2. The lowest BCUT2D eigenvalue weighted by Gasteiger charge is -2.04. The average Bonchev–Trinajstić information content (AvgIpc) is 3.09. The lowest BCUT2D eigenvalue weighted by molar-refractivity contribution is 0.0945. The van der Waals surface area contributed by atoms with Crippen molar-refractivity contribution in [2.45, 2.75) is 6.54 Å². The standard InChI is InChI=1S/C18H14ClFN4O2/c19-14-8-12(20)6-7-13(14)17(25)22-16-9-15(23-24-16)18(26)21-10-11-4-2-1-3-5-11/h1-9H,10H2,(H,21,26)(H2,22,23,24,25). The van der Waals surface area contributed by atoms with Crippen molar-refractivity contribution in [2.24, 2.45) is 0 Å². The summed E-state index contributed by atoms with van der Waals surface area (Å²) < 4.78 is 13.0. The van der Waals surface area contributed by atoms with E-state index in [0.29, 0.717) is 6.54 Å². The molecule has 26 heavy (non-hydrogen) atoms. The number of anilines is 1. The number of hydrogen-bond acceptors (Lipinski definition) is 3. The number of aromatic amines is 1. The molecule has 3 N–H and O–H groups in total. The topological polar surface area (TPSA) is 86.9 Å². The normalized spacial score (nSPS) is 10.4. The van der Waals surface area contributed by atoms with Crippen LogP contribution >= 0.6 is 11.6 Å². The zero-order chi connectivity index (χ0) is 18.5. The van der Waals surface area contributed by atoms with Crippen LogP contribution in [0.5, 0.6) is 0 Å². The molecule has 132 valence electrons. The summed E-state index contributed by atoms with van der Waals surface area (Å²) in [7, 11) is 0. The first-order valence-corrected chi connectivity index (χ1v) is 8.04. The third-order valence-corrected chi connectivity index (χ3v) is 3.85. The number of aromatic nitrogens is 2. The molecule has 8 heteroatoms. The van der Waals surface area contributed by atoms with Crippen molar-refractivity contribution in [1.29, 1.82) is 0 Å². The summed E-state index contributed by atoms with van der Waals surface area (Å²) >= 11 is 5.85. The molecule has 0 bridgehead atoms. The number of carbonyl (C=O) groups is 2. The molecular weight excluding hydrogens is 359 g/mol. The van der Waals surface area contributed by atoms with Crippen LogP contribution in [0.15, 0.2) is 54.6 Å². The third-order valence-electron chi connectivity index (χ3n) is 3.54. The van der Waals surface area contributed by atoms with E-state index in [1.807, 2.05) is 30.3 Å². The molecule has 0 aliphatic heterocycles. The van der Waals surface area contributed by atoms with Crippen LogP contribution in [0.3, 0.4) is 0 Å². The Morgan fingerprint density at radius 2 is 1.85 bits per heavy atom. The molecule has 2 aromatic carbocycles. The monoisotopic (exact) mass is 372 g/mol. The average molecular weight is 373 g/mol. The van der Waals surface area contributed by atoms with Gasteiger partial charge < -0.3 is 10.6 Å². The molecule has 0 saturated heterocycles. The minimum Gasteiger partial charge on any atom is -0.347 e. The van der Waals surface area contributed by atoms with E-state index in [4.69, 9.17) is 11.6 Å². The van der Waals surface area contributed by atoms with Crippen molar-refractivity contribution >= 4 is 29.2 Å². The van der Waals surface area contributed by atoms with Crippen LogP contribution in [0.1, 0.15) is 26.4 Å². The summed E-state index contributed by atoms with van der Waals surface area (Å²) in [5, 5.41) is 11.7. The van der Waals surface area contributed by atoms with Crippen molar-refractivity contribution in [2.75, 3.05) is 5.32 Å². The van der Waals surface area contributed by atoms with Gasteiger partial charge in [-0.2, -0.15) is 5.10 Å². The zero-order valence-electron chi connectivity index (χ0n) is 13.4. The van der Waals surface area contributed by atoms with Gasteiger partial charge in [-0.1, -0.05) is 41.9 Å². The highest BCUT2D eigenvalue weighted by molar-refractivity contribution is 6.34. The Hall–Kier alpha value is -3.19. The number of carbonyl (C=O) groups excluding carboxylic acids is 2. The van der Waals surface area contributed by atoms with Gasteiger partial charge in [0.05, 0.1) is 10.6 Å². The first-order valence-electron chi connectivity index (χ1n) is 7.67. The lowest BCUT2D eigenvalue weighted by Crippen LogP contribution is -2.23. The quantitative estimate of drug-likeness (QED) is 0.641.